The van der Waals surface area contributed by atoms with E-state index in [9.17, 15) is 21.6 Å². The van der Waals surface area contributed by atoms with Gasteiger partial charge in [0.15, 0.2) is 11.9 Å². The van der Waals surface area contributed by atoms with Gasteiger partial charge in [0.2, 0.25) is 0 Å². The average molecular weight is 394 g/mol. The van der Waals surface area contributed by atoms with E-state index in [1.807, 2.05) is 0 Å². The average Bonchev–Trinajstić information content (AvgIpc) is 3.09. The number of halogens is 3. The molecule has 144 valence electrons. The van der Waals surface area contributed by atoms with Gasteiger partial charge in [0.1, 0.15) is 17.9 Å². The molecule has 0 bridgehead atoms. The van der Waals surface area contributed by atoms with E-state index in [1.165, 1.54) is 17.2 Å². The van der Waals surface area contributed by atoms with Crippen molar-refractivity contribution in [3.05, 3.63) is 18.3 Å². The smallest absolute Gasteiger partial charge is 0.351 e. The molecule has 4 atom stereocenters. The zero-order valence-corrected chi connectivity index (χ0v) is 15.0. The first-order valence-corrected chi connectivity index (χ1v) is 9.26. The Hall–Kier alpha value is -1.79. The Kier molecular flexibility index (Phi) is 4.69. The van der Waals surface area contributed by atoms with E-state index in [2.05, 4.69) is 19.1 Å². The van der Waals surface area contributed by atoms with E-state index in [4.69, 9.17) is 4.74 Å². The van der Waals surface area contributed by atoms with Crippen molar-refractivity contribution >= 4 is 21.3 Å². The standard InChI is InChI=1S/C14H17F3N4O4S/c1-4-9-7(2)11(25-26(22,23)14(15,16)17)13(24-9)21-6-20-10-8(3)18-5-19-12(10)21/h5-7,9,11,13H,4H2,1-3H3/t7-,9-,11-,13-/m1/s1. The van der Waals surface area contributed by atoms with Crippen molar-refractivity contribution in [2.24, 2.45) is 5.92 Å². The fraction of sp³-hybridized carbons (Fsp3) is 0.643. The number of hydrogen-bond donors (Lipinski definition) is 0. The fourth-order valence-electron chi connectivity index (χ4n) is 3.03. The molecule has 3 rings (SSSR count). The SMILES string of the molecule is CC[C@H]1O[C@@H](n2cnc3c(C)ncnc32)[C@H](OS(=O)(=O)C(F)(F)F)[C@@H]1C. The van der Waals surface area contributed by atoms with Crippen molar-refractivity contribution in [2.75, 3.05) is 0 Å². The minimum absolute atomic E-state index is 0.324. The highest BCUT2D eigenvalue weighted by Crippen LogP contribution is 2.41. The first kappa shape index (κ1) is 19.0. The second-order valence-electron chi connectivity index (χ2n) is 6.08. The van der Waals surface area contributed by atoms with Gasteiger partial charge in [0, 0.05) is 5.92 Å². The Labute approximate surface area is 147 Å². The van der Waals surface area contributed by atoms with Crippen LogP contribution in [0.3, 0.4) is 0 Å². The summed E-state index contributed by atoms with van der Waals surface area (Å²) in [4.78, 5) is 12.2. The third-order valence-electron chi connectivity index (χ3n) is 4.44. The van der Waals surface area contributed by atoms with Crippen LogP contribution in [0.25, 0.3) is 11.2 Å². The first-order chi connectivity index (χ1) is 12.1. The maximum absolute atomic E-state index is 12.8. The number of ether oxygens (including phenoxy) is 1. The normalized spacial score (nSPS) is 27.3. The zero-order chi connectivity index (χ0) is 19.3. The van der Waals surface area contributed by atoms with E-state index in [0.717, 1.165) is 0 Å². The third-order valence-corrected chi connectivity index (χ3v) is 5.48. The van der Waals surface area contributed by atoms with Crippen LogP contribution in [0.15, 0.2) is 12.7 Å². The Morgan fingerprint density at radius 3 is 2.62 bits per heavy atom. The summed E-state index contributed by atoms with van der Waals surface area (Å²) >= 11 is 0. The zero-order valence-electron chi connectivity index (χ0n) is 14.1. The lowest BCUT2D eigenvalue weighted by Crippen LogP contribution is -2.35. The molecule has 8 nitrogen and oxygen atoms in total. The van der Waals surface area contributed by atoms with Crippen LogP contribution < -0.4 is 0 Å². The highest BCUT2D eigenvalue weighted by molar-refractivity contribution is 7.87. The number of hydrogen-bond acceptors (Lipinski definition) is 7. The van der Waals surface area contributed by atoms with Crippen LogP contribution in [0.1, 0.15) is 32.2 Å². The minimum Gasteiger partial charge on any atom is -0.351 e. The Balaban J connectivity index is 2.04. The van der Waals surface area contributed by atoms with E-state index in [1.54, 1.807) is 20.8 Å². The fourth-order valence-corrected chi connectivity index (χ4v) is 3.71. The van der Waals surface area contributed by atoms with Gasteiger partial charge >= 0.3 is 15.6 Å². The molecule has 26 heavy (non-hydrogen) atoms. The lowest BCUT2D eigenvalue weighted by Gasteiger charge is -2.22. The third kappa shape index (κ3) is 3.05. The van der Waals surface area contributed by atoms with Crippen LogP contribution in [-0.4, -0.2) is 45.7 Å². The molecule has 0 aromatic carbocycles. The summed E-state index contributed by atoms with van der Waals surface area (Å²) in [5.74, 6) is -0.595. The molecule has 0 N–H and O–H groups in total. The molecule has 2 aromatic heterocycles. The molecule has 2 aromatic rings. The van der Waals surface area contributed by atoms with E-state index < -0.39 is 40.0 Å². The second-order valence-corrected chi connectivity index (χ2v) is 7.64. The number of aromatic nitrogens is 4. The highest BCUT2D eigenvalue weighted by Gasteiger charge is 2.53. The first-order valence-electron chi connectivity index (χ1n) is 7.86. The molecule has 0 radical (unpaired) electrons. The largest absolute Gasteiger partial charge is 0.523 e. The molecule has 12 heteroatoms. The van der Waals surface area contributed by atoms with E-state index in [0.29, 0.717) is 23.3 Å². The number of imidazole rings is 1. The van der Waals surface area contributed by atoms with Crippen LogP contribution in [0, 0.1) is 12.8 Å². The van der Waals surface area contributed by atoms with E-state index in [-0.39, 0.29) is 0 Å². The van der Waals surface area contributed by atoms with E-state index >= 15 is 0 Å². The molecule has 1 fully saturated rings. The van der Waals surface area contributed by atoms with Crippen LogP contribution in [0.5, 0.6) is 0 Å². The summed E-state index contributed by atoms with van der Waals surface area (Å²) in [6.07, 6.45) is 0.121. The molecule has 1 aliphatic heterocycles. The predicted molar refractivity (Wildman–Crippen MR) is 83.3 cm³/mol. The Morgan fingerprint density at radius 1 is 1.31 bits per heavy atom. The van der Waals surface area contributed by atoms with Gasteiger partial charge in [-0.1, -0.05) is 13.8 Å². The minimum atomic E-state index is -5.78. The molecular weight excluding hydrogens is 377 g/mol. The van der Waals surface area contributed by atoms with Crippen LogP contribution in [-0.2, 0) is 19.0 Å². The van der Waals surface area contributed by atoms with Crippen molar-refractivity contribution in [2.45, 2.75) is 51.1 Å². The molecular formula is C14H17F3N4O4S. The van der Waals surface area contributed by atoms with Crippen molar-refractivity contribution in [3.63, 3.8) is 0 Å². The summed E-state index contributed by atoms with van der Waals surface area (Å²) in [7, 11) is -5.78. The van der Waals surface area contributed by atoms with Crippen LogP contribution in [0.2, 0.25) is 0 Å². The highest BCUT2D eigenvalue weighted by atomic mass is 32.2. The van der Waals surface area contributed by atoms with Gasteiger partial charge in [-0.05, 0) is 13.3 Å². The number of fused-ring (bicyclic) bond motifs is 1. The van der Waals surface area contributed by atoms with Crippen molar-refractivity contribution in [3.8, 4) is 0 Å². The van der Waals surface area contributed by atoms with Gasteiger partial charge < -0.3 is 4.74 Å². The molecule has 3 heterocycles. The molecule has 0 spiro atoms. The van der Waals surface area contributed by atoms with Gasteiger partial charge in [-0.3, -0.25) is 8.75 Å². The maximum atomic E-state index is 12.8. The molecule has 1 saturated heterocycles. The van der Waals surface area contributed by atoms with Gasteiger partial charge in [0.05, 0.1) is 18.1 Å². The summed E-state index contributed by atoms with van der Waals surface area (Å²) in [6, 6.07) is 0. The predicted octanol–water partition coefficient (Wildman–Crippen LogP) is 2.31. The van der Waals surface area contributed by atoms with Crippen molar-refractivity contribution in [1.82, 2.24) is 19.5 Å². The second kappa shape index (κ2) is 6.43. The molecule has 1 aliphatic rings. The molecule has 0 unspecified atom stereocenters. The number of alkyl halides is 3. The molecule has 0 aliphatic carbocycles. The van der Waals surface area contributed by atoms with Crippen LogP contribution in [0.4, 0.5) is 13.2 Å². The number of aryl methyl sites for hydroxylation is 1. The Bertz CT molecular complexity index is 915. The van der Waals surface area contributed by atoms with Gasteiger partial charge in [-0.2, -0.15) is 21.6 Å². The van der Waals surface area contributed by atoms with Crippen molar-refractivity contribution < 1.29 is 30.5 Å². The van der Waals surface area contributed by atoms with Gasteiger partial charge in [-0.25, -0.2) is 15.0 Å². The summed E-state index contributed by atoms with van der Waals surface area (Å²) in [6.45, 7) is 5.08. The Morgan fingerprint density at radius 2 is 2.00 bits per heavy atom. The monoisotopic (exact) mass is 394 g/mol. The lowest BCUT2D eigenvalue weighted by atomic mass is 9.99. The van der Waals surface area contributed by atoms with Gasteiger partial charge in [-0.15, -0.1) is 0 Å². The lowest BCUT2D eigenvalue weighted by molar-refractivity contribution is -0.0673. The topological polar surface area (TPSA) is 96.2 Å². The number of nitrogens with zero attached hydrogens (tertiary/aromatic N) is 4. The summed E-state index contributed by atoms with van der Waals surface area (Å²) in [5, 5.41) is 0. The summed E-state index contributed by atoms with van der Waals surface area (Å²) < 4.78 is 73.1. The molecule has 0 amide bonds. The van der Waals surface area contributed by atoms with Crippen LogP contribution >= 0.6 is 0 Å². The molecule has 0 saturated carbocycles. The number of rotatable bonds is 4. The van der Waals surface area contributed by atoms with Gasteiger partial charge in [0.25, 0.3) is 0 Å². The van der Waals surface area contributed by atoms with Crippen molar-refractivity contribution in [1.29, 1.82) is 0 Å². The quantitative estimate of drug-likeness (QED) is 0.580. The maximum Gasteiger partial charge on any atom is 0.523 e. The summed E-state index contributed by atoms with van der Waals surface area (Å²) in [5.41, 5.74) is -4.17.